The quantitative estimate of drug-likeness (QED) is 0.795. The molecule has 2 fully saturated rings. The molecule has 0 unspecified atom stereocenters. The Balaban J connectivity index is 1.79. The van der Waals surface area contributed by atoms with Gasteiger partial charge in [-0.15, -0.1) is 0 Å². The van der Waals surface area contributed by atoms with E-state index in [1.54, 1.807) is 24.0 Å². The molecule has 0 bridgehead atoms. The number of amides is 1. The third-order valence-electron chi connectivity index (χ3n) is 4.24. The van der Waals surface area contributed by atoms with Crippen molar-refractivity contribution in [1.29, 1.82) is 0 Å². The minimum absolute atomic E-state index is 0.199. The molecule has 9 heteroatoms. The lowest BCUT2D eigenvalue weighted by Gasteiger charge is -2.31. The predicted molar refractivity (Wildman–Crippen MR) is 78.8 cm³/mol. The Kier molecular flexibility index (Phi) is 3.96. The molecule has 2 saturated heterocycles. The van der Waals surface area contributed by atoms with Crippen LogP contribution in [0.4, 0.5) is 0 Å². The Morgan fingerprint density at radius 3 is 2.91 bits per heavy atom. The summed E-state index contributed by atoms with van der Waals surface area (Å²) in [6.45, 7) is 0.831. The van der Waals surface area contributed by atoms with Gasteiger partial charge in [0.2, 0.25) is 10.0 Å². The minimum atomic E-state index is -3.32. The number of ether oxygens (including phenoxy) is 1. The summed E-state index contributed by atoms with van der Waals surface area (Å²) in [5.74, 6) is -0.0223. The maximum Gasteiger partial charge on any atom is 0.287 e. The standard InChI is InChI=1S/C13H20N4O4S/c1-16-6-5-14-12(16)13(18)15-9-8-17(22(2,19)20)10-4-3-7-21-11(9)10/h5-6,9-11H,3-4,7-8H2,1-2H3,(H,15,18)/t9-,10+,11+/m0/s1. The number of aryl methyl sites for hydroxylation is 1. The van der Waals surface area contributed by atoms with Crippen molar-refractivity contribution in [3.05, 3.63) is 18.2 Å². The van der Waals surface area contributed by atoms with Crippen LogP contribution >= 0.6 is 0 Å². The summed E-state index contributed by atoms with van der Waals surface area (Å²) in [6, 6.07) is -0.556. The molecule has 1 aromatic rings. The number of hydrogen-bond donors (Lipinski definition) is 1. The maximum atomic E-state index is 12.3. The van der Waals surface area contributed by atoms with Crippen molar-refractivity contribution in [3.63, 3.8) is 0 Å². The van der Waals surface area contributed by atoms with Crippen molar-refractivity contribution in [3.8, 4) is 0 Å². The molecule has 8 nitrogen and oxygen atoms in total. The van der Waals surface area contributed by atoms with E-state index in [-0.39, 0.29) is 30.6 Å². The number of nitrogens with one attached hydrogen (secondary N) is 1. The smallest absolute Gasteiger partial charge is 0.287 e. The highest BCUT2D eigenvalue weighted by atomic mass is 32.2. The van der Waals surface area contributed by atoms with Gasteiger partial charge in [0.25, 0.3) is 5.91 Å². The molecule has 3 heterocycles. The first-order chi connectivity index (χ1) is 10.4. The summed E-state index contributed by atoms with van der Waals surface area (Å²) in [4.78, 5) is 16.3. The molecule has 22 heavy (non-hydrogen) atoms. The highest BCUT2D eigenvalue weighted by Gasteiger charge is 2.48. The molecular formula is C13H20N4O4S. The van der Waals surface area contributed by atoms with Gasteiger partial charge in [-0.05, 0) is 12.8 Å². The van der Waals surface area contributed by atoms with E-state index < -0.39 is 10.0 Å². The summed E-state index contributed by atoms with van der Waals surface area (Å²) >= 11 is 0. The molecular weight excluding hydrogens is 308 g/mol. The van der Waals surface area contributed by atoms with Crippen molar-refractivity contribution >= 4 is 15.9 Å². The Morgan fingerprint density at radius 1 is 1.50 bits per heavy atom. The number of nitrogens with zero attached hydrogens (tertiary/aromatic N) is 3. The third-order valence-corrected chi connectivity index (χ3v) is 5.52. The average molecular weight is 328 g/mol. The number of aromatic nitrogens is 2. The predicted octanol–water partition coefficient (Wildman–Crippen LogP) is -0.659. The first kappa shape index (κ1) is 15.4. The fourth-order valence-electron chi connectivity index (χ4n) is 3.24. The molecule has 0 spiro atoms. The van der Waals surface area contributed by atoms with E-state index in [4.69, 9.17) is 4.74 Å². The number of imidazole rings is 1. The number of carbonyl (C=O) groups is 1. The van der Waals surface area contributed by atoms with Crippen LogP contribution in [0.15, 0.2) is 12.4 Å². The normalized spacial score (nSPS) is 29.3. The zero-order chi connectivity index (χ0) is 15.9. The summed E-state index contributed by atoms with van der Waals surface area (Å²) in [6.07, 6.45) is 5.72. The van der Waals surface area contributed by atoms with Crippen LogP contribution < -0.4 is 5.32 Å². The molecule has 1 aromatic heterocycles. The van der Waals surface area contributed by atoms with Gasteiger partial charge in [0, 0.05) is 32.6 Å². The molecule has 122 valence electrons. The fraction of sp³-hybridized carbons (Fsp3) is 0.692. The molecule has 3 atom stereocenters. The zero-order valence-corrected chi connectivity index (χ0v) is 13.4. The van der Waals surface area contributed by atoms with E-state index in [1.807, 2.05) is 0 Å². The van der Waals surface area contributed by atoms with Crippen LogP contribution in [0.1, 0.15) is 23.5 Å². The van der Waals surface area contributed by atoms with E-state index >= 15 is 0 Å². The summed E-state index contributed by atoms with van der Waals surface area (Å²) in [7, 11) is -1.59. The SMILES string of the molecule is Cn1ccnc1C(=O)N[C@H]1CN(S(C)(=O)=O)[C@@H]2CCCO[C@H]12. The topological polar surface area (TPSA) is 93.5 Å². The molecule has 2 aliphatic rings. The van der Waals surface area contributed by atoms with Crippen molar-refractivity contribution in [2.75, 3.05) is 19.4 Å². The van der Waals surface area contributed by atoms with Gasteiger partial charge in [-0.2, -0.15) is 4.31 Å². The van der Waals surface area contributed by atoms with Crippen LogP contribution in [0.25, 0.3) is 0 Å². The molecule has 0 aromatic carbocycles. The van der Waals surface area contributed by atoms with Crippen LogP contribution in [0.5, 0.6) is 0 Å². The molecule has 2 aliphatic heterocycles. The molecule has 0 aliphatic carbocycles. The lowest BCUT2D eigenvalue weighted by Crippen LogP contribution is -2.48. The Hall–Kier alpha value is -1.45. The highest BCUT2D eigenvalue weighted by Crippen LogP contribution is 2.30. The first-order valence-electron chi connectivity index (χ1n) is 7.24. The van der Waals surface area contributed by atoms with Crippen LogP contribution in [0.3, 0.4) is 0 Å². The number of hydrogen-bond acceptors (Lipinski definition) is 5. The van der Waals surface area contributed by atoms with Gasteiger partial charge in [0.15, 0.2) is 5.82 Å². The van der Waals surface area contributed by atoms with Crippen LogP contribution in [0.2, 0.25) is 0 Å². The van der Waals surface area contributed by atoms with Crippen LogP contribution in [0, 0.1) is 0 Å². The number of carbonyl (C=O) groups excluding carboxylic acids is 1. The van der Waals surface area contributed by atoms with Gasteiger partial charge in [-0.1, -0.05) is 0 Å². The molecule has 1 amide bonds. The summed E-state index contributed by atoms with van der Waals surface area (Å²) < 4.78 is 32.7. The van der Waals surface area contributed by atoms with E-state index in [2.05, 4.69) is 10.3 Å². The minimum Gasteiger partial charge on any atom is -0.374 e. The van der Waals surface area contributed by atoms with Crippen molar-refractivity contribution in [2.24, 2.45) is 7.05 Å². The van der Waals surface area contributed by atoms with Crippen molar-refractivity contribution in [2.45, 2.75) is 31.0 Å². The number of fused-ring (bicyclic) bond motifs is 1. The molecule has 3 rings (SSSR count). The van der Waals surface area contributed by atoms with Crippen LogP contribution in [-0.4, -0.2) is 65.8 Å². The lowest BCUT2D eigenvalue weighted by atomic mass is 10.0. The zero-order valence-electron chi connectivity index (χ0n) is 12.6. The Bertz CT molecular complexity index is 671. The lowest BCUT2D eigenvalue weighted by molar-refractivity contribution is -0.0104. The van der Waals surface area contributed by atoms with E-state index in [0.29, 0.717) is 12.4 Å². The van der Waals surface area contributed by atoms with E-state index in [0.717, 1.165) is 12.8 Å². The highest BCUT2D eigenvalue weighted by molar-refractivity contribution is 7.88. The van der Waals surface area contributed by atoms with Crippen LogP contribution in [-0.2, 0) is 21.8 Å². The second-order valence-electron chi connectivity index (χ2n) is 5.82. The van der Waals surface area contributed by atoms with Crippen molar-refractivity contribution in [1.82, 2.24) is 19.2 Å². The molecule has 0 radical (unpaired) electrons. The molecule has 0 saturated carbocycles. The van der Waals surface area contributed by atoms with Gasteiger partial charge in [0.05, 0.1) is 24.4 Å². The monoisotopic (exact) mass is 328 g/mol. The van der Waals surface area contributed by atoms with Gasteiger partial charge in [0.1, 0.15) is 0 Å². The fourth-order valence-corrected chi connectivity index (χ4v) is 4.39. The Labute approximate surface area is 129 Å². The van der Waals surface area contributed by atoms with Gasteiger partial charge in [-0.25, -0.2) is 13.4 Å². The van der Waals surface area contributed by atoms with Gasteiger partial charge in [-0.3, -0.25) is 4.79 Å². The largest absolute Gasteiger partial charge is 0.374 e. The molecule has 1 N–H and O–H groups in total. The first-order valence-corrected chi connectivity index (χ1v) is 9.09. The Morgan fingerprint density at radius 2 is 2.27 bits per heavy atom. The number of rotatable bonds is 3. The van der Waals surface area contributed by atoms with Crippen molar-refractivity contribution < 1.29 is 17.9 Å². The second-order valence-corrected chi connectivity index (χ2v) is 7.75. The van der Waals surface area contributed by atoms with Gasteiger partial charge < -0.3 is 14.6 Å². The third kappa shape index (κ3) is 2.75. The summed E-state index contributed by atoms with van der Waals surface area (Å²) in [5.41, 5.74) is 0. The van der Waals surface area contributed by atoms with E-state index in [1.165, 1.54) is 10.6 Å². The van der Waals surface area contributed by atoms with E-state index in [9.17, 15) is 13.2 Å². The average Bonchev–Trinajstić information content (AvgIpc) is 3.03. The second kappa shape index (κ2) is 5.64. The van der Waals surface area contributed by atoms with Gasteiger partial charge >= 0.3 is 0 Å². The summed E-state index contributed by atoms with van der Waals surface area (Å²) in [5, 5.41) is 2.87. The maximum absolute atomic E-state index is 12.3. The number of sulfonamides is 1.